The van der Waals surface area contributed by atoms with Crippen molar-refractivity contribution >= 4 is 21.9 Å². The molecule has 0 radical (unpaired) electrons. The predicted molar refractivity (Wildman–Crippen MR) is 85.5 cm³/mol. The average Bonchev–Trinajstić information content (AvgIpc) is 2.48. The lowest BCUT2D eigenvalue weighted by Crippen LogP contribution is -2.46. The van der Waals surface area contributed by atoms with Crippen LogP contribution in [-0.4, -0.2) is 57.0 Å². The maximum atomic E-state index is 12.3. The van der Waals surface area contributed by atoms with E-state index in [0.717, 1.165) is 4.31 Å². The van der Waals surface area contributed by atoms with Crippen LogP contribution in [0.3, 0.4) is 0 Å². The Kier molecular flexibility index (Phi) is 5.14. The highest BCUT2D eigenvalue weighted by Gasteiger charge is 2.35. The summed E-state index contributed by atoms with van der Waals surface area (Å²) in [6.07, 6.45) is 0.750. The molecule has 8 nitrogen and oxygen atoms in total. The predicted octanol–water partition coefficient (Wildman–Crippen LogP) is 0.538. The Morgan fingerprint density at radius 3 is 2.42 bits per heavy atom. The number of benzene rings is 1. The summed E-state index contributed by atoms with van der Waals surface area (Å²) in [6, 6.07) is 3.94. The Bertz CT molecular complexity index is 753. The summed E-state index contributed by atoms with van der Waals surface area (Å²) in [5.41, 5.74) is 0.176. The van der Waals surface area contributed by atoms with E-state index in [0.29, 0.717) is 12.8 Å². The molecule has 1 aliphatic rings. The number of carbonyl (C=O) groups excluding carboxylic acids is 1. The normalized spacial score (nSPS) is 20.3. The average molecular weight is 356 g/mol. The second kappa shape index (κ2) is 6.78. The second-order valence-electron chi connectivity index (χ2n) is 5.83. The second-order valence-corrected chi connectivity index (χ2v) is 7.95. The van der Waals surface area contributed by atoms with Gasteiger partial charge in [0.15, 0.2) is 0 Å². The van der Waals surface area contributed by atoms with Crippen LogP contribution in [0.4, 0.5) is 0 Å². The number of sulfonamides is 1. The number of hydrogen-bond acceptors (Lipinski definition) is 5. The van der Waals surface area contributed by atoms with Crippen molar-refractivity contribution < 1.29 is 27.9 Å². The van der Waals surface area contributed by atoms with Crippen molar-refractivity contribution in [1.29, 1.82) is 0 Å². The van der Waals surface area contributed by atoms with Gasteiger partial charge in [0.05, 0.1) is 13.0 Å². The molecule has 9 heteroatoms. The zero-order valence-corrected chi connectivity index (χ0v) is 14.5. The van der Waals surface area contributed by atoms with Gasteiger partial charge >= 0.3 is 5.97 Å². The number of aliphatic carboxylic acids is 1. The molecule has 1 amide bonds. The minimum absolute atomic E-state index is 0.0975. The van der Waals surface area contributed by atoms with Gasteiger partial charge in [-0.3, -0.25) is 9.59 Å². The van der Waals surface area contributed by atoms with E-state index in [1.165, 1.54) is 39.4 Å². The van der Waals surface area contributed by atoms with E-state index in [1.807, 2.05) is 0 Å². The fraction of sp³-hybridized carbons (Fsp3) is 0.467. The van der Waals surface area contributed by atoms with Gasteiger partial charge in [-0.25, -0.2) is 12.7 Å². The van der Waals surface area contributed by atoms with E-state index in [-0.39, 0.29) is 22.3 Å². The van der Waals surface area contributed by atoms with Crippen molar-refractivity contribution in [3.8, 4) is 5.75 Å². The molecular formula is C15H20N2O6S. The molecule has 1 aromatic carbocycles. The van der Waals surface area contributed by atoms with Gasteiger partial charge in [-0.15, -0.1) is 0 Å². The minimum atomic E-state index is -3.77. The lowest BCUT2D eigenvalue weighted by Gasteiger charge is -2.32. The van der Waals surface area contributed by atoms with Gasteiger partial charge in [-0.1, -0.05) is 0 Å². The molecule has 1 saturated carbocycles. The quantitative estimate of drug-likeness (QED) is 0.769. The van der Waals surface area contributed by atoms with Crippen molar-refractivity contribution in [2.75, 3.05) is 21.2 Å². The number of hydrogen-bond donors (Lipinski definition) is 2. The molecule has 0 atom stereocenters. The topological polar surface area (TPSA) is 113 Å². The summed E-state index contributed by atoms with van der Waals surface area (Å²) >= 11 is 0. The monoisotopic (exact) mass is 356 g/mol. The molecule has 2 N–H and O–H groups in total. The zero-order valence-electron chi connectivity index (χ0n) is 13.6. The molecule has 0 saturated heterocycles. The number of rotatable bonds is 6. The SMILES string of the molecule is COc1ccc(C(=O)NC2CC(C(=O)O)C2)cc1S(=O)(=O)N(C)C. The first-order valence-electron chi connectivity index (χ1n) is 7.31. The summed E-state index contributed by atoms with van der Waals surface area (Å²) in [4.78, 5) is 22.9. The summed E-state index contributed by atoms with van der Waals surface area (Å²) in [6.45, 7) is 0. The summed E-state index contributed by atoms with van der Waals surface area (Å²) < 4.78 is 30.8. The van der Waals surface area contributed by atoms with Crippen LogP contribution in [0.1, 0.15) is 23.2 Å². The molecule has 2 rings (SSSR count). The van der Waals surface area contributed by atoms with Crippen molar-refractivity contribution in [3.63, 3.8) is 0 Å². The maximum absolute atomic E-state index is 12.3. The highest BCUT2D eigenvalue weighted by atomic mass is 32.2. The fourth-order valence-electron chi connectivity index (χ4n) is 2.42. The first kappa shape index (κ1) is 18.2. The van der Waals surface area contributed by atoms with Gasteiger partial charge in [-0.2, -0.15) is 0 Å². The third-order valence-corrected chi connectivity index (χ3v) is 5.84. The van der Waals surface area contributed by atoms with Crippen LogP contribution in [0.25, 0.3) is 0 Å². The molecular weight excluding hydrogens is 336 g/mol. The summed E-state index contributed by atoms with van der Waals surface area (Å²) in [5.74, 6) is -1.60. The molecule has 132 valence electrons. The standard InChI is InChI=1S/C15H20N2O6S/c1-17(2)24(21,22)13-8-9(4-5-12(13)23-3)14(18)16-11-6-10(7-11)15(19)20/h4-5,8,10-11H,6-7H2,1-3H3,(H,16,18)(H,19,20). The fourth-order valence-corrected chi connectivity index (χ4v) is 3.50. The van der Waals surface area contributed by atoms with Crippen molar-refractivity contribution in [2.45, 2.75) is 23.8 Å². The summed E-state index contributed by atoms with van der Waals surface area (Å²) in [7, 11) is 0.368. The van der Waals surface area contributed by atoms with Crippen LogP contribution in [0.5, 0.6) is 5.75 Å². The van der Waals surface area contributed by atoms with Crippen LogP contribution >= 0.6 is 0 Å². The molecule has 0 unspecified atom stereocenters. The van der Waals surface area contributed by atoms with E-state index >= 15 is 0 Å². The van der Waals surface area contributed by atoms with Gasteiger partial charge in [0, 0.05) is 25.7 Å². The van der Waals surface area contributed by atoms with Crippen LogP contribution in [-0.2, 0) is 14.8 Å². The van der Waals surface area contributed by atoms with Crippen LogP contribution in [0, 0.1) is 5.92 Å². The molecule has 0 bridgehead atoms. The van der Waals surface area contributed by atoms with E-state index in [4.69, 9.17) is 9.84 Å². The van der Waals surface area contributed by atoms with E-state index in [1.54, 1.807) is 0 Å². The number of carboxylic acid groups (broad SMARTS) is 1. The number of amides is 1. The molecule has 0 spiro atoms. The van der Waals surface area contributed by atoms with Gasteiger partial charge in [0.25, 0.3) is 5.91 Å². The minimum Gasteiger partial charge on any atom is -0.495 e. The molecule has 0 aliphatic heterocycles. The Morgan fingerprint density at radius 2 is 1.92 bits per heavy atom. The highest BCUT2D eigenvalue weighted by molar-refractivity contribution is 7.89. The van der Waals surface area contributed by atoms with Crippen LogP contribution in [0.2, 0.25) is 0 Å². The molecule has 0 aromatic heterocycles. The van der Waals surface area contributed by atoms with Crippen molar-refractivity contribution in [2.24, 2.45) is 5.92 Å². The van der Waals surface area contributed by atoms with Gasteiger partial charge in [0.2, 0.25) is 10.0 Å². The van der Waals surface area contributed by atoms with Gasteiger partial charge < -0.3 is 15.2 Å². The van der Waals surface area contributed by atoms with Crippen LogP contribution in [0.15, 0.2) is 23.1 Å². The first-order chi connectivity index (χ1) is 11.2. The first-order valence-corrected chi connectivity index (χ1v) is 8.75. The van der Waals surface area contributed by atoms with Gasteiger partial charge in [0.1, 0.15) is 10.6 Å². The van der Waals surface area contributed by atoms with Crippen molar-refractivity contribution in [1.82, 2.24) is 9.62 Å². The smallest absolute Gasteiger partial charge is 0.306 e. The Hall–Kier alpha value is -2.13. The third kappa shape index (κ3) is 3.51. The van der Waals surface area contributed by atoms with E-state index in [2.05, 4.69) is 5.32 Å². The number of carbonyl (C=O) groups is 2. The zero-order chi connectivity index (χ0) is 18.1. The number of nitrogens with zero attached hydrogens (tertiary/aromatic N) is 1. The van der Waals surface area contributed by atoms with Crippen molar-refractivity contribution in [3.05, 3.63) is 23.8 Å². The largest absolute Gasteiger partial charge is 0.495 e. The van der Waals surface area contributed by atoms with E-state index < -0.39 is 27.8 Å². The van der Waals surface area contributed by atoms with Crippen LogP contribution < -0.4 is 10.1 Å². The van der Waals surface area contributed by atoms with Gasteiger partial charge in [-0.05, 0) is 31.0 Å². The highest BCUT2D eigenvalue weighted by Crippen LogP contribution is 2.29. The lowest BCUT2D eigenvalue weighted by atomic mass is 9.80. The number of methoxy groups -OCH3 is 1. The Labute approximate surface area is 140 Å². The molecule has 1 aromatic rings. The Morgan fingerprint density at radius 1 is 1.29 bits per heavy atom. The number of ether oxygens (including phenoxy) is 1. The molecule has 1 fully saturated rings. The number of nitrogens with one attached hydrogen (secondary N) is 1. The van der Waals surface area contributed by atoms with E-state index in [9.17, 15) is 18.0 Å². The lowest BCUT2D eigenvalue weighted by molar-refractivity contribution is -0.145. The third-order valence-electron chi connectivity index (χ3n) is 4.01. The Balaban J connectivity index is 2.20. The summed E-state index contributed by atoms with van der Waals surface area (Å²) in [5, 5.41) is 11.6. The maximum Gasteiger partial charge on any atom is 0.306 e. The molecule has 24 heavy (non-hydrogen) atoms. The molecule has 1 aliphatic carbocycles. The molecule has 0 heterocycles. The number of carboxylic acids is 1.